The van der Waals surface area contributed by atoms with E-state index in [2.05, 4.69) is 69.9 Å². The third kappa shape index (κ3) is 17.5. The van der Waals surface area contributed by atoms with E-state index in [0.29, 0.717) is 23.1 Å². The van der Waals surface area contributed by atoms with Gasteiger partial charge < -0.3 is 29.2 Å². The monoisotopic (exact) mass is 1060 g/mol. The van der Waals surface area contributed by atoms with E-state index in [4.69, 9.17) is 46.4 Å². The minimum atomic E-state index is -5.07. The third-order valence-electron chi connectivity index (χ3n) is 10.1. The largest absolute Gasteiger partial charge is 0.466 e. The van der Waals surface area contributed by atoms with Gasteiger partial charge in [0.15, 0.2) is 0 Å². The summed E-state index contributed by atoms with van der Waals surface area (Å²) in [5, 5.41) is 6.13. The van der Waals surface area contributed by atoms with Gasteiger partial charge in [0, 0.05) is 84.0 Å². The Bertz CT molecular complexity index is 2120. The zero-order chi connectivity index (χ0) is 49.5. The number of ether oxygens (including phenoxy) is 4. The lowest BCUT2D eigenvalue weighted by molar-refractivity contribution is -0.218. The normalized spacial score (nSPS) is 15.3. The highest BCUT2D eigenvalue weighted by Gasteiger charge is 2.50. The molecular formula is C45H47Cl5F6N4O8. The SMILES string of the molecule is C.COC(=O)C(OC(=O)Cl)C(F)(F)F.COC(=O)C(OC(=O)N1CCN(C(c2ccc(Cl)cc2)c2ccc(Cl)cc2)CC1)C(F)(F)F.Clc1ccc(C(c2ccc(Cl)cc2)N2CCNCC2)cc1. The zero-order valence-electron chi connectivity index (χ0n) is 35.5. The summed E-state index contributed by atoms with van der Waals surface area (Å²) in [5.41, 5.74) is 2.72. The molecular weight excluding hydrogens is 1020 g/mol. The van der Waals surface area contributed by atoms with Crippen molar-refractivity contribution < 1.29 is 64.5 Å². The maximum atomic E-state index is 13.1. The highest BCUT2D eigenvalue weighted by atomic mass is 35.5. The van der Waals surface area contributed by atoms with Gasteiger partial charge in [0.05, 0.1) is 26.3 Å². The summed E-state index contributed by atoms with van der Waals surface area (Å²) in [7, 11) is 1.52. The second-order valence-electron chi connectivity index (χ2n) is 14.4. The molecule has 4 aromatic rings. The molecule has 6 rings (SSSR count). The molecule has 0 saturated carbocycles. The summed E-state index contributed by atoms with van der Waals surface area (Å²) in [6, 6.07) is 31.0. The maximum Gasteiger partial charge on any atom is 0.436 e. The first-order valence-electron chi connectivity index (χ1n) is 19.9. The molecule has 23 heteroatoms. The van der Waals surface area contributed by atoms with Crippen molar-refractivity contribution >= 4 is 81.5 Å². The molecule has 2 fully saturated rings. The van der Waals surface area contributed by atoms with E-state index < -0.39 is 48.0 Å². The van der Waals surface area contributed by atoms with Gasteiger partial charge >= 0.3 is 35.8 Å². The molecule has 2 aliphatic rings. The summed E-state index contributed by atoms with van der Waals surface area (Å²) in [5.74, 6) is -3.42. The van der Waals surface area contributed by atoms with Gasteiger partial charge in [0.1, 0.15) is 0 Å². The van der Waals surface area contributed by atoms with Crippen molar-refractivity contribution in [2.45, 2.75) is 44.1 Å². The highest BCUT2D eigenvalue weighted by molar-refractivity contribution is 6.61. The number of nitrogens with zero attached hydrogens (tertiary/aromatic N) is 3. The summed E-state index contributed by atoms with van der Waals surface area (Å²) >= 11 is 28.6. The number of piperazine rings is 2. The second kappa shape index (κ2) is 27.0. The first-order chi connectivity index (χ1) is 31.6. The van der Waals surface area contributed by atoms with Crippen LogP contribution in [0, 0.1) is 0 Å². The number of nitrogens with one attached hydrogen (secondary N) is 1. The number of hydrogen-bond donors (Lipinski definition) is 1. The summed E-state index contributed by atoms with van der Waals surface area (Å²) in [6.45, 7) is 5.07. The Morgan fingerprint density at radius 2 is 0.809 bits per heavy atom. The number of methoxy groups -OCH3 is 2. The number of carbonyl (C=O) groups is 4. The van der Waals surface area contributed by atoms with Crippen molar-refractivity contribution in [3.05, 3.63) is 139 Å². The van der Waals surface area contributed by atoms with Gasteiger partial charge in [-0.15, -0.1) is 0 Å². The van der Waals surface area contributed by atoms with E-state index in [0.717, 1.165) is 66.5 Å². The van der Waals surface area contributed by atoms with Crippen LogP contribution in [0.3, 0.4) is 0 Å². The first kappa shape index (κ1) is 57.8. The molecule has 2 heterocycles. The molecule has 372 valence electrons. The quantitative estimate of drug-likeness (QED) is 0.0706. The molecule has 0 radical (unpaired) electrons. The number of hydrogen-bond acceptors (Lipinski definition) is 11. The van der Waals surface area contributed by atoms with Crippen LogP contribution in [-0.4, -0.2) is 129 Å². The fourth-order valence-corrected chi connectivity index (χ4v) is 7.48. The Kier molecular flexibility index (Phi) is 23.0. The standard InChI is InChI=1S/C22H21Cl2F3N2O4.C17H18Cl2N2.C5H4ClF3O4.CH4/c1-32-20(30)19(22(25,26)27)33-21(31)29-12-10-28(11-13-29)18(14-2-6-16(23)7-3-14)15-4-8-17(24)9-5-15;18-15-5-1-13(2-6-15)17(21-11-9-20-10-12-21)14-3-7-16(19)8-4-14;1-12-3(10)2(5(7,8)9)13-4(6)11;/h2-9,18-19H,10-13H2,1H3;1-8,17,20H,9-12H2;2H,1H3;1H4. The highest BCUT2D eigenvalue weighted by Crippen LogP contribution is 2.33. The van der Waals surface area contributed by atoms with Crippen LogP contribution in [0.2, 0.25) is 20.1 Å². The number of alkyl halides is 6. The number of halogens is 11. The molecule has 0 aromatic heterocycles. The Labute approximate surface area is 414 Å². The smallest absolute Gasteiger partial charge is 0.436 e. The predicted molar refractivity (Wildman–Crippen MR) is 246 cm³/mol. The van der Waals surface area contributed by atoms with Crippen molar-refractivity contribution in [3.8, 4) is 0 Å². The molecule has 1 N–H and O–H groups in total. The molecule has 0 bridgehead atoms. The van der Waals surface area contributed by atoms with Crippen LogP contribution in [0.4, 0.5) is 35.9 Å². The van der Waals surface area contributed by atoms with Crippen LogP contribution >= 0.6 is 58.0 Å². The lowest BCUT2D eigenvalue weighted by Gasteiger charge is -2.39. The van der Waals surface area contributed by atoms with E-state index in [-0.39, 0.29) is 32.6 Å². The molecule has 2 aliphatic heterocycles. The Balaban J connectivity index is 0.000000299. The molecule has 2 unspecified atom stereocenters. The Morgan fingerprint density at radius 1 is 0.515 bits per heavy atom. The van der Waals surface area contributed by atoms with Gasteiger partial charge in [0.25, 0.3) is 12.2 Å². The van der Waals surface area contributed by atoms with Gasteiger partial charge in [-0.2, -0.15) is 26.3 Å². The maximum absolute atomic E-state index is 13.1. The summed E-state index contributed by atoms with van der Waals surface area (Å²) < 4.78 is 90.6. The lowest BCUT2D eigenvalue weighted by atomic mass is 9.96. The van der Waals surface area contributed by atoms with Gasteiger partial charge in [-0.3, -0.25) is 9.80 Å². The van der Waals surface area contributed by atoms with Gasteiger partial charge in [-0.05, 0) is 70.8 Å². The minimum Gasteiger partial charge on any atom is -0.466 e. The van der Waals surface area contributed by atoms with Crippen molar-refractivity contribution in [1.29, 1.82) is 0 Å². The number of rotatable bonds is 10. The van der Waals surface area contributed by atoms with Crippen LogP contribution in [0.25, 0.3) is 0 Å². The summed E-state index contributed by atoms with van der Waals surface area (Å²) in [4.78, 5) is 49.8. The van der Waals surface area contributed by atoms with Gasteiger partial charge in [-0.25, -0.2) is 19.2 Å². The van der Waals surface area contributed by atoms with E-state index in [9.17, 15) is 45.5 Å². The van der Waals surface area contributed by atoms with Gasteiger partial charge in [0.2, 0.25) is 0 Å². The molecule has 1 amide bonds. The van der Waals surface area contributed by atoms with Gasteiger partial charge in [-0.1, -0.05) is 102 Å². The molecule has 68 heavy (non-hydrogen) atoms. The third-order valence-corrected chi connectivity index (χ3v) is 11.1. The van der Waals surface area contributed by atoms with E-state index in [1.807, 2.05) is 48.5 Å². The van der Waals surface area contributed by atoms with Crippen LogP contribution < -0.4 is 5.32 Å². The van der Waals surface area contributed by atoms with E-state index in [1.165, 1.54) is 11.1 Å². The fourth-order valence-electron chi connectivity index (χ4n) is 6.89. The summed E-state index contributed by atoms with van der Waals surface area (Å²) in [6.07, 6.45) is -17.3. The Hall–Kier alpha value is -4.53. The first-order valence-corrected chi connectivity index (χ1v) is 21.8. The van der Waals surface area contributed by atoms with E-state index in [1.54, 1.807) is 24.3 Å². The second-order valence-corrected chi connectivity index (χ2v) is 16.5. The molecule has 0 spiro atoms. The van der Waals surface area contributed by atoms with Crippen molar-refractivity contribution in [2.75, 3.05) is 66.6 Å². The minimum absolute atomic E-state index is 0. The van der Waals surface area contributed by atoms with Crippen LogP contribution in [0.5, 0.6) is 0 Å². The van der Waals surface area contributed by atoms with Crippen molar-refractivity contribution in [2.24, 2.45) is 0 Å². The average molecular weight is 1060 g/mol. The number of benzene rings is 4. The molecule has 12 nitrogen and oxygen atoms in total. The number of amides is 1. The zero-order valence-corrected chi connectivity index (χ0v) is 39.2. The van der Waals surface area contributed by atoms with Crippen LogP contribution in [0.15, 0.2) is 97.1 Å². The van der Waals surface area contributed by atoms with Crippen molar-refractivity contribution in [3.63, 3.8) is 0 Å². The van der Waals surface area contributed by atoms with E-state index >= 15 is 0 Å². The number of esters is 2. The van der Waals surface area contributed by atoms with Crippen LogP contribution in [-0.2, 0) is 28.5 Å². The fraction of sp³-hybridized carbons (Fsp3) is 0.378. The van der Waals surface area contributed by atoms with Crippen LogP contribution in [0.1, 0.15) is 41.8 Å². The molecule has 2 atom stereocenters. The molecule has 0 aliphatic carbocycles. The molecule has 2 saturated heterocycles. The average Bonchev–Trinajstić information content (AvgIpc) is 3.30. The number of carbonyl (C=O) groups excluding carboxylic acids is 4. The van der Waals surface area contributed by atoms with Crippen molar-refractivity contribution in [1.82, 2.24) is 20.0 Å². The molecule has 4 aromatic carbocycles. The Morgan fingerprint density at radius 3 is 1.09 bits per heavy atom. The predicted octanol–water partition coefficient (Wildman–Crippen LogP) is 11.0. The lowest BCUT2D eigenvalue weighted by Crippen LogP contribution is -2.52. The topological polar surface area (TPSA) is 127 Å².